The van der Waals surface area contributed by atoms with Gasteiger partial charge in [-0.1, -0.05) is 0 Å². The van der Waals surface area contributed by atoms with Gasteiger partial charge in [0.25, 0.3) is 5.91 Å². The highest BCUT2D eigenvalue weighted by molar-refractivity contribution is 6.07. The van der Waals surface area contributed by atoms with Gasteiger partial charge in [-0.15, -0.1) is 0 Å². The number of amides is 3. The lowest BCUT2D eigenvalue weighted by Crippen LogP contribution is -2.65. The first kappa shape index (κ1) is 15.6. The molecule has 1 aliphatic heterocycles. The molecule has 2 spiro atoms. The summed E-state index contributed by atoms with van der Waals surface area (Å²) in [4.78, 5) is 25.9. The second-order valence-electron chi connectivity index (χ2n) is 6.96. The van der Waals surface area contributed by atoms with Crippen molar-refractivity contribution in [3.05, 3.63) is 0 Å². The molecule has 124 valence electrons. The van der Waals surface area contributed by atoms with Crippen LogP contribution in [0.3, 0.4) is 0 Å². The average molecular weight is 320 g/mol. The molecular weight excluding hydrogens is 301 g/mol. The van der Waals surface area contributed by atoms with E-state index in [0.717, 1.165) is 4.90 Å². The van der Waals surface area contributed by atoms with Gasteiger partial charge in [-0.2, -0.15) is 13.2 Å². The number of alkyl halides is 3. The topological polar surface area (TPSA) is 60.9 Å². The quantitative estimate of drug-likeness (QED) is 0.751. The zero-order valence-corrected chi connectivity index (χ0v) is 12.3. The maximum Gasteiger partial charge on any atom is 0.406 e. The highest BCUT2D eigenvalue weighted by Gasteiger charge is 2.68. The first-order valence-corrected chi connectivity index (χ1v) is 7.43. The largest absolute Gasteiger partial charge is 0.406 e. The number of carbonyl (C=O) groups is 2. The molecule has 2 saturated carbocycles. The van der Waals surface area contributed by atoms with E-state index in [1.807, 2.05) is 0 Å². The van der Waals surface area contributed by atoms with Crippen molar-refractivity contribution in [2.75, 3.05) is 13.6 Å². The molecule has 22 heavy (non-hydrogen) atoms. The number of hydrogen-bond donors (Lipinski definition) is 1. The van der Waals surface area contributed by atoms with Gasteiger partial charge in [0.15, 0.2) is 0 Å². The van der Waals surface area contributed by atoms with Gasteiger partial charge in [0.1, 0.15) is 12.1 Å². The monoisotopic (exact) mass is 320 g/mol. The highest BCUT2D eigenvalue weighted by Crippen LogP contribution is 2.61. The van der Waals surface area contributed by atoms with Gasteiger partial charge in [0.05, 0.1) is 6.10 Å². The second-order valence-corrected chi connectivity index (χ2v) is 6.96. The molecule has 0 bridgehead atoms. The van der Waals surface area contributed by atoms with Crippen LogP contribution in [-0.2, 0) is 4.79 Å². The normalized spacial score (nSPS) is 39.0. The fraction of sp³-hybridized carbons (Fsp3) is 0.857. The first-order chi connectivity index (χ1) is 10.1. The SMILES string of the molecule is CN1C(=O)N(CC(F)(F)F)C2(CC3(CCC(O)CC3)C2)C1=O. The van der Waals surface area contributed by atoms with Crippen LogP contribution in [0.5, 0.6) is 0 Å². The number of aliphatic hydroxyl groups is 1. The Labute approximate surface area is 126 Å². The van der Waals surface area contributed by atoms with Gasteiger partial charge >= 0.3 is 12.2 Å². The number of urea groups is 1. The van der Waals surface area contributed by atoms with E-state index in [1.165, 1.54) is 7.05 Å². The van der Waals surface area contributed by atoms with Crippen LogP contribution in [-0.4, -0.2) is 58.3 Å². The van der Waals surface area contributed by atoms with Gasteiger partial charge in [-0.25, -0.2) is 4.79 Å². The van der Waals surface area contributed by atoms with E-state index in [2.05, 4.69) is 0 Å². The van der Waals surface area contributed by atoms with Crippen LogP contribution in [0.4, 0.5) is 18.0 Å². The van der Waals surface area contributed by atoms with Gasteiger partial charge in [-0.3, -0.25) is 9.69 Å². The molecule has 3 amide bonds. The summed E-state index contributed by atoms with van der Waals surface area (Å²) < 4.78 is 38.3. The molecule has 1 N–H and O–H groups in total. The number of nitrogens with zero attached hydrogens (tertiary/aromatic N) is 2. The molecule has 0 unspecified atom stereocenters. The minimum Gasteiger partial charge on any atom is -0.393 e. The molecule has 2 aliphatic carbocycles. The molecule has 5 nitrogen and oxygen atoms in total. The van der Waals surface area contributed by atoms with Crippen molar-refractivity contribution < 1.29 is 27.9 Å². The maximum absolute atomic E-state index is 12.8. The summed E-state index contributed by atoms with van der Waals surface area (Å²) in [6.45, 7) is -1.39. The van der Waals surface area contributed by atoms with Crippen LogP contribution >= 0.6 is 0 Å². The van der Waals surface area contributed by atoms with Gasteiger partial charge in [-0.05, 0) is 43.9 Å². The Morgan fingerprint density at radius 1 is 1.23 bits per heavy atom. The zero-order chi connectivity index (χ0) is 16.3. The number of hydrogen-bond acceptors (Lipinski definition) is 3. The van der Waals surface area contributed by atoms with E-state index in [9.17, 15) is 27.9 Å². The molecule has 8 heteroatoms. The van der Waals surface area contributed by atoms with E-state index in [4.69, 9.17) is 0 Å². The van der Waals surface area contributed by atoms with Crippen LogP contribution in [0.1, 0.15) is 38.5 Å². The number of halogens is 3. The molecule has 3 fully saturated rings. The fourth-order valence-electron chi connectivity index (χ4n) is 4.38. The van der Waals surface area contributed by atoms with E-state index in [1.54, 1.807) is 0 Å². The number of likely N-dealkylation sites (N-methyl/N-ethyl adjacent to an activating group) is 1. The van der Waals surface area contributed by atoms with E-state index < -0.39 is 30.2 Å². The molecule has 3 aliphatic rings. The summed E-state index contributed by atoms with van der Waals surface area (Å²) in [5.74, 6) is -0.529. The van der Waals surface area contributed by atoms with Crippen molar-refractivity contribution in [3.8, 4) is 0 Å². The molecule has 0 aromatic carbocycles. The minimum atomic E-state index is -4.53. The summed E-state index contributed by atoms with van der Waals surface area (Å²) in [5.41, 5.74) is -1.53. The molecule has 1 heterocycles. The van der Waals surface area contributed by atoms with Crippen molar-refractivity contribution in [3.63, 3.8) is 0 Å². The lowest BCUT2D eigenvalue weighted by molar-refractivity contribution is -0.174. The number of carbonyl (C=O) groups excluding carboxylic acids is 2. The Bertz CT molecular complexity index is 504. The van der Waals surface area contributed by atoms with Crippen LogP contribution in [0.25, 0.3) is 0 Å². The van der Waals surface area contributed by atoms with Crippen molar-refractivity contribution in [2.24, 2.45) is 5.41 Å². The summed E-state index contributed by atoms with van der Waals surface area (Å²) in [7, 11) is 1.23. The Morgan fingerprint density at radius 2 is 1.77 bits per heavy atom. The smallest absolute Gasteiger partial charge is 0.393 e. The molecule has 0 radical (unpaired) electrons. The van der Waals surface area contributed by atoms with Crippen molar-refractivity contribution in [2.45, 2.75) is 56.3 Å². The number of aliphatic hydroxyl groups excluding tert-OH is 1. The second kappa shape index (κ2) is 4.59. The Morgan fingerprint density at radius 3 is 2.27 bits per heavy atom. The Balaban J connectivity index is 1.82. The third-order valence-corrected chi connectivity index (χ3v) is 5.43. The average Bonchev–Trinajstić information content (AvgIpc) is 2.55. The summed E-state index contributed by atoms with van der Waals surface area (Å²) in [5, 5.41) is 9.57. The van der Waals surface area contributed by atoms with E-state index >= 15 is 0 Å². The zero-order valence-electron chi connectivity index (χ0n) is 12.3. The minimum absolute atomic E-state index is 0.204. The Hall–Kier alpha value is -1.31. The number of imide groups is 1. The molecule has 0 aromatic heterocycles. The van der Waals surface area contributed by atoms with E-state index in [0.29, 0.717) is 30.6 Å². The first-order valence-electron chi connectivity index (χ1n) is 7.43. The standard InChI is InChI=1S/C14H19F3N2O3/c1-18-10(21)13(19(11(18)22)8-14(15,16)17)6-12(7-13)4-2-9(20)3-5-12/h9,20H,2-8H2,1H3. The lowest BCUT2D eigenvalue weighted by atomic mass is 9.51. The predicted octanol–water partition coefficient (Wildman–Crippen LogP) is 1.90. The van der Waals surface area contributed by atoms with Crippen molar-refractivity contribution in [1.82, 2.24) is 9.80 Å². The van der Waals surface area contributed by atoms with Crippen LogP contribution in [0.15, 0.2) is 0 Å². The molecular formula is C14H19F3N2O3. The molecule has 3 rings (SSSR count). The Kier molecular flexibility index (Phi) is 3.25. The van der Waals surface area contributed by atoms with Gasteiger partial charge in [0, 0.05) is 7.05 Å². The molecule has 0 aromatic rings. The third-order valence-electron chi connectivity index (χ3n) is 5.43. The van der Waals surface area contributed by atoms with Crippen LogP contribution in [0.2, 0.25) is 0 Å². The summed E-state index contributed by atoms with van der Waals surface area (Å²) in [6.07, 6.45) is -1.74. The van der Waals surface area contributed by atoms with Gasteiger partial charge < -0.3 is 10.0 Å². The lowest BCUT2D eigenvalue weighted by Gasteiger charge is -2.58. The highest BCUT2D eigenvalue weighted by atomic mass is 19.4. The van der Waals surface area contributed by atoms with Gasteiger partial charge in [0.2, 0.25) is 0 Å². The predicted molar refractivity (Wildman–Crippen MR) is 69.8 cm³/mol. The summed E-state index contributed by atoms with van der Waals surface area (Å²) in [6, 6.07) is -0.868. The maximum atomic E-state index is 12.8. The van der Waals surface area contributed by atoms with Crippen molar-refractivity contribution >= 4 is 11.9 Å². The molecule has 0 atom stereocenters. The van der Waals surface area contributed by atoms with Crippen molar-refractivity contribution in [1.29, 1.82) is 0 Å². The molecule has 1 saturated heterocycles. The van der Waals surface area contributed by atoms with Crippen LogP contribution < -0.4 is 0 Å². The fourth-order valence-corrected chi connectivity index (χ4v) is 4.38. The third kappa shape index (κ3) is 2.19. The number of rotatable bonds is 1. The summed E-state index contributed by atoms with van der Waals surface area (Å²) >= 11 is 0. The van der Waals surface area contributed by atoms with Crippen LogP contribution in [0, 0.1) is 5.41 Å². The van der Waals surface area contributed by atoms with E-state index in [-0.39, 0.29) is 24.4 Å².